The zero-order valence-corrected chi connectivity index (χ0v) is 8.26. The van der Waals surface area contributed by atoms with Crippen molar-refractivity contribution < 1.29 is 15.0 Å². The fraction of sp³-hybridized carbons (Fsp3) is 0.364. The van der Waals surface area contributed by atoms with Crippen LogP contribution in [-0.2, 0) is 5.60 Å². The average molecular weight is 207 g/mol. The Bertz CT molecular complexity index is 365. The molecule has 0 saturated carbocycles. The summed E-state index contributed by atoms with van der Waals surface area (Å²) in [6.45, 7) is 0.549. The molecule has 2 rings (SSSR count). The number of nitrogens with zero attached hydrogens (tertiary/aromatic N) is 1. The Labute approximate surface area is 87.8 Å². The molecule has 1 unspecified atom stereocenters. The molecular weight excluding hydrogens is 194 g/mol. The maximum atomic E-state index is 10.7. The molecule has 1 aromatic rings. The SMILES string of the molecule is O=C(O)N1CCC(O)(c2ccccc2)C1. The summed E-state index contributed by atoms with van der Waals surface area (Å²) in [6, 6.07) is 9.21. The summed E-state index contributed by atoms with van der Waals surface area (Å²) in [4.78, 5) is 12.0. The number of benzene rings is 1. The lowest BCUT2D eigenvalue weighted by molar-refractivity contribution is 0.0459. The Morgan fingerprint density at radius 2 is 2.00 bits per heavy atom. The number of rotatable bonds is 1. The molecule has 0 aliphatic carbocycles. The molecule has 2 N–H and O–H groups in total. The molecular formula is C11H13NO3. The van der Waals surface area contributed by atoms with Crippen LogP contribution in [0.25, 0.3) is 0 Å². The van der Waals surface area contributed by atoms with E-state index in [1.54, 1.807) is 0 Å². The number of β-amino-alcohol motifs (C(OH)–C–C–N with tert-alkyl or cyclic N) is 1. The van der Waals surface area contributed by atoms with Crippen LogP contribution >= 0.6 is 0 Å². The van der Waals surface area contributed by atoms with Gasteiger partial charge in [0.15, 0.2) is 0 Å². The average Bonchev–Trinajstić information content (AvgIpc) is 2.64. The van der Waals surface area contributed by atoms with Gasteiger partial charge in [-0.2, -0.15) is 0 Å². The Morgan fingerprint density at radius 3 is 2.53 bits per heavy atom. The second kappa shape index (κ2) is 3.55. The maximum Gasteiger partial charge on any atom is 0.407 e. The third-order valence-electron chi connectivity index (χ3n) is 2.83. The van der Waals surface area contributed by atoms with Crippen molar-refractivity contribution in [1.82, 2.24) is 4.90 Å². The van der Waals surface area contributed by atoms with E-state index in [4.69, 9.17) is 5.11 Å². The molecule has 1 aliphatic rings. The van der Waals surface area contributed by atoms with Crippen LogP contribution in [0, 0.1) is 0 Å². The Kier molecular flexibility index (Phi) is 2.36. The summed E-state index contributed by atoms with van der Waals surface area (Å²) >= 11 is 0. The summed E-state index contributed by atoms with van der Waals surface area (Å²) in [7, 11) is 0. The van der Waals surface area contributed by atoms with Gasteiger partial charge in [0.1, 0.15) is 5.60 Å². The van der Waals surface area contributed by atoms with Crippen LogP contribution < -0.4 is 0 Å². The lowest BCUT2D eigenvalue weighted by Gasteiger charge is -2.22. The van der Waals surface area contributed by atoms with E-state index in [0.29, 0.717) is 13.0 Å². The van der Waals surface area contributed by atoms with Crippen molar-refractivity contribution in [2.75, 3.05) is 13.1 Å². The van der Waals surface area contributed by atoms with Gasteiger partial charge in [-0.3, -0.25) is 0 Å². The Balaban J connectivity index is 2.20. The number of amides is 1. The van der Waals surface area contributed by atoms with E-state index in [-0.39, 0.29) is 6.54 Å². The molecule has 0 bridgehead atoms. The van der Waals surface area contributed by atoms with Gasteiger partial charge < -0.3 is 15.1 Å². The monoisotopic (exact) mass is 207 g/mol. The number of hydrogen-bond donors (Lipinski definition) is 2. The van der Waals surface area contributed by atoms with Gasteiger partial charge in [0.05, 0.1) is 6.54 Å². The highest BCUT2D eigenvalue weighted by atomic mass is 16.4. The standard InChI is InChI=1S/C11H13NO3/c13-10(14)12-7-6-11(15,8-12)9-4-2-1-3-5-9/h1-5,15H,6-8H2,(H,13,14). The minimum atomic E-state index is -1.01. The second-order valence-corrected chi connectivity index (χ2v) is 3.85. The van der Waals surface area contributed by atoms with Gasteiger partial charge in [0.25, 0.3) is 0 Å². The molecule has 15 heavy (non-hydrogen) atoms. The van der Waals surface area contributed by atoms with Crippen LogP contribution in [0.3, 0.4) is 0 Å². The first-order valence-corrected chi connectivity index (χ1v) is 4.88. The zero-order valence-electron chi connectivity index (χ0n) is 8.26. The summed E-state index contributed by atoms with van der Waals surface area (Å²) in [5, 5.41) is 19.1. The van der Waals surface area contributed by atoms with Crippen molar-refractivity contribution in [3.8, 4) is 0 Å². The lowest BCUT2D eigenvalue weighted by atomic mass is 9.93. The van der Waals surface area contributed by atoms with E-state index in [1.165, 1.54) is 4.90 Å². The molecule has 1 fully saturated rings. The molecule has 0 radical (unpaired) electrons. The first-order chi connectivity index (χ1) is 7.12. The number of aliphatic hydroxyl groups is 1. The van der Waals surface area contributed by atoms with Gasteiger partial charge in [-0.15, -0.1) is 0 Å². The minimum Gasteiger partial charge on any atom is -0.465 e. The molecule has 1 saturated heterocycles. The van der Waals surface area contributed by atoms with Crippen molar-refractivity contribution in [3.63, 3.8) is 0 Å². The van der Waals surface area contributed by atoms with Crippen LogP contribution in [0.4, 0.5) is 4.79 Å². The first-order valence-electron chi connectivity index (χ1n) is 4.88. The number of hydrogen-bond acceptors (Lipinski definition) is 2. The third kappa shape index (κ3) is 1.80. The molecule has 1 heterocycles. The summed E-state index contributed by atoms with van der Waals surface area (Å²) in [5.41, 5.74) is -0.228. The molecule has 0 aromatic heterocycles. The van der Waals surface area contributed by atoms with E-state index in [0.717, 1.165) is 5.56 Å². The van der Waals surface area contributed by atoms with E-state index < -0.39 is 11.7 Å². The van der Waals surface area contributed by atoms with Crippen LogP contribution in [0.15, 0.2) is 30.3 Å². The van der Waals surface area contributed by atoms with E-state index in [1.807, 2.05) is 30.3 Å². The topological polar surface area (TPSA) is 60.8 Å². The maximum absolute atomic E-state index is 10.7. The fourth-order valence-electron chi connectivity index (χ4n) is 1.94. The van der Waals surface area contributed by atoms with Crippen molar-refractivity contribution in [2.45, 2.75) is 12.0 Å². The molecule has 4 nitrogen and oxygen atoms in total. The molecule has 1 aromatic carbocycles. The highest BCUT2D eigenvalue weighted by molar-refractivity contribution is 5.65. The molecule has 80 valence electrons. The van der Waals surface area contributed by atoms with Gasteiger partial charge in [0, 0.05) is 6.54 Å². The molecule has 1 atom stereocenters. The van der Waals surface area contributed by atoms with Crippen molar-refractivity contribution in [2.24, 2.45) is 0 Å². The Morgan fingerprint density at radius 1 is 1.33 bits per heavy atom. The smallest absolute Gasteiger partial charge is 0.407 e. The summed E-state index contributed by atoms with van der Waals surface area (Å²) < 4.78 is 0. The third-order valence-corrected chi connectivity index (χ3v) is 2.83. The fourth-order valence-corrected chi connectivity index (χ4v) is 1.94. The van der Waals surface area contributed by atoms with Crippen LogP contribution in [-0.4, -0.2) is 34.3 Å². The predicted octanol–water partition coefficient (Wildman–Crippen LogP) is 1.26. The largest absolute Gasteiger partial charge is 0.465 e. The molecule has 4 heteroatoms. The van der Waals surface area contributed by atoms with E-state index in [2.05, 4.69) is 0 Å². The highest BCUT2D eigenvalue weighted by Crippen LogP contribution is 2.31. The van der Waals surface area contributed by atoms with Gasteiger partial charge in [-0.05, 0) is 12.0 Å². The number of carbonyl (C=O) groups is 1. The second-order valence-electron chi connectivity index (χ2n) is 3.85. The quantitative estimate of drug-likeness (QED) is 0.728. The van der Waals surface area contributed by atoms with Crippen molar-refractivity contribution in [1.29, 1.82) is 0 Å². The Hall–Kier alpha value is -1.55. The summed E-state index contributed by atoms with van der Waals surface area (Å²) in [6.07, 6.45) is -0.509. The van der Waals surface area contributed by atoms with Crippen molar-refractivity contribution >= 4 is 6.09 Å². The van der Waals surface area contributed by atoms with Crippen molar-refractivity contribution in [3.05, 3.63) is 35.9 Å². The van der Waals surface area contributed by atoms with Gasteiger partial charge >= 0.3 is 6.09 Å². The lowest BCUT2D eigenvalue weighted by Crippen LogP contribution is -2.33. The summed E-state index contributed by atoms with van der Waals surface area (Å²) in [5.74, 6) is 0. The highest BCUT2D eigenvalue weighted by Gasteiger charge is 2.39. The van der Waals surface area contributed by atoms with Crippen LogP contribution in [0.5, 0.6) is 0 Å². The molecule has 0 spiro atoms. The predicted molar refractivity (Wildman–Crippen MR) is 54.6 cm³/mol. The number of carboxylic acid groups (broad SMARTS) is 1. The number of likely N-dealkylation sites (tertiary alicyclic amines) is 1. The first kappa shape index (κ1) is 9.98. The zero-order chi connectivity index (χ0) is 10.9. The van der Waals surface area contributed by atoms with Gasteiger partial charge in [0.2, 0.25) is 0 Å². The van der Waals surface area contributed by atoms with Crippen LogP contribution in [0.1, 0.15) is 12.0 Å². The minimum absolute atomic E-state index is 0.159. The van der Waals surface area contributed by atoms with E-state index in [9.17, 15) is 9.90 Å². The van der Waals surface area contributed by atoms with E-state index >= 15 is 0 Å². The van der Waals surface area contributed by atoms with Crippen LogP contribution in [0.2, 0.25) is 0 Å². The molecule has 1 amide bonds. The van der Waals surface area contributed by atoms with Gasteiger partial charge in [-0.25, -0.2) is 4.79 Å². The normalized spacial score (nSPS) is 25.5. The molecule has 1 aliphatic heterocycles. The van der Waals surface area contributed by atoms with Gasteiger partial charge in [-0.1, -0.05) is 30.3 Å².